The van der Waals surface area contributed by atoms with Gasteiger partial charge in [0, 0.05) is 11.8 Å². The largest absolute Gasteiger partial charge is 0.300 e. The molecule has 0 spiro atoms. The molecule has 2 N–H and O–H groups in total. The van der Waals surface area contributed by atoms with Gasteiger partial charge in [0.2, 0.25) is 0 Å². The number of nitrogens with zero attached hydrogens (tertiary/aromatic N) is 4. The first-order valence-electron chi connectivity index (χ1n) is 7.08. The minimum atomic E-state index is 0.683. The first-order chi connectivity index (χ1) is 10.6. The summed E-state index contributed by atoms with van der Waals surface area (Å²) in [5, 5.41) is 4.46. The average Bonchev–Trinajstić information content (AvgIpc) is 2.84. The fraction of sp³-hybridized carbons (Fsp3) is 0.188. The molecule has 0 saturated heterocycles. The molecule has 3 rings (SSSR count). The van der Waals surface area contributed by atoms with E-state index in [4.69, 9.17) is 0 Å². The van der Waals surface area contributed by atoms with Gasteiger partial charge < -0.3 is 0 Å². The number of benzene rings is 1. The van der Waals surface area contributed by atoms with Gasteiger partial charge in [0.25, 0.3) is 0 Å². The summed E-state index contributed by atoms with van der Waals surface area (Å²) in [6.45, 7) is 5.84. The third-order valence-electron chi connectivity index (χ3n) is 3.16. The van der Waals surface area contributed by atoms with Crippen LogP contribution in [0.4, 0.5) is 11.5 Å². The van der Waals surface area contributed by atoms with Crippen molar-refractivity contribution in [1.29, 1.82) is 0 Å². The number of rotatable bonds is 4. The maximum Gasteiger partial charge on any atom is 0.159 e. The second-order valence-corrected chi connectivity index (χ2v) is 5.11. The molecule has 6 nitrogen and oxygen atoms in total. The van der Waals surface area contributed by atoms with Gasteiger partial charge >= 0.3 is 0 Å². The Hall–Kier alpha value is -2.89. The second kappa shape index (κ2) is 5.85. The molecule has 22 heavy (non-hydrogen) atoms. The van der Waals surface area contributed by atoms with Crippen LogP contribution >= 0.6 is 0 Å². The van der Waals surface area contributed by atoms with E-state index in [1.54, 1.807) is 0 Å². The first kappa shape index (κ1) is 14.1. The first-order valence-corrected chi connectivity index (χ1v) is 7.08. The van der Waals surface area contributed by atoms with Crippen molar-refractivity contribution in [2.45, 2.75) is 20.8 Å². The van der Waals surface area contributed by atoms with Crippen LogP contribution in [0.1, 0.15) is 17.2 Å². The molecule has 0 bridgehead atoms. The molecule has 0 radical (unpaired) electrons. The third-order valence-corrected chi connectivity index (χ3v) is 3.16. The van der Waals surface area contributed by atoms with Crippen LogP contribution in [0.15, 0.2) is 42.5 Å². The molecule has 2 aromatic heterocycles. The van der Waals surface area contributed by atoms with Crippen LogP contribution in [-0.2, 0) is 0 Å². The van der Waals surface area contributed by atoms with Crippen LogP contribution in [0.5, 0.6) is 0 Å². The highest BCUT2D eigenvalue weighted by Crippen LogP contribution is 2.14. The van der Waals surface area contributed by atoms with Crippen molar-refractivity contribution in [1.82, 2.24) is 19.7 Å². The van der Waals surface area contributed by atoms with E-state index < -0.39 is 0 Å². The lowest BCUT2D eigenvalue weighted by atomic mass is 10.3. The lowest BCUT2D eigenvalue weighted by Gasteiger charge is -2.11. The van der Waals surface area contributed by atoms with Crippen LogP contribution in [0, 0.1) is 20.8 Å². The van der Waals surface area contributed by atoms with Gasteiger partial charge in [-0.15, -0.1) is 0 Å². The predicted octanol–water partition coefficient (Wildman–Crippen LogP) is 3.03. The van der Waals surface area contributed by atoms with E-state index in [9.17, 15) is 0 Å². The minimum Gasteiger partial charge on any atom is -0.300 e. The molecule has 0 unspecified atom stereocenters. The molecular formula is C16H18N6. The molecule has 6 heteroatoms. The average molecular weight is 294 g/mol. The molecule has 0 saturated carbocycles. The number of hydrogen-bond donors (Lipinski definition) is 2. The molecule has 0 amide bonds. The molecule has 3 aromatic rings. The third kappa shape index (κ3) is 3.06. The topological polar surface area (TPSA) is 67.7 Å². The summed E-state index contributed by atoms with van der Waals surface area (Å²) in [4.78, 5) is 8.84. The summed E-state index contributed by atoms with van der Waals surface area (Å²) in [6, 6.07) is 13.7. The SMILES string of the molecule is Cc1cc(C)n(-c2cc(NNc3ccccc3)nc(C)n2)n1. The lowest BCUT2D eigenvalue weighted by molar-refractivity contribution is 0.793. The second-order valence-electron chi connectivity index (χ2n) is 5.11. The zero-order valence-electron chi connectivity index (χ0n) is 12.8. The Kier molecular flexibility index (Phi) is 3.74. The predicted molar refractivity (Wildman–Crippen MR) is 87.1 cm³/mol. The summed E-state index contributed by atoms with van der Waals surface area (Å²) in [7, 11) is 0. The zero-order chi connectivity index (χ0) is 15.5. The summed E-state index contributed by atoms with van der Waals surface area (Å²) in [5.41, 5.74) is 9.18. The molecule has 0 atom stereocenters. The highest BCUT2D eigenvalue weighted by molar-refractivity contribution is 5.50. The summed E-state index contributed by atoms with van der Waals surface area (Å²) in [5.74, 6) is 2.12. The van der Waals surface area contributed by atoms with E-state index >= 15 is 0 Å². The van der Waals surface area contributed by atoms with Crippen LogP contribution in [0.25, 0.3) is 5.82 Å². The lowest BCUT2D eigenvalue weighted by Crippen LogP contribution is -2.12. The highest BCUT2D eigenvalue weighted by Gasteiger charge is 2.08. The van der Waals surface area contributed by atoms with Crippen molar-refractivity contribution in [2.24, 2.45) is 0 Å². The molecule has 1 aromatic carbocycles. The molecule has 2 heterocycles. The van der Waals surface area contributed by atoms with Gasteiger partial charge in [-0.25, -0.2) is 14.6 Å². The van der Waals surface area contributed by atoms with E-state index in [2.05, 4.69) is 25.9 Å². The molecule has 0 aliphatic carbocycles. The number of hydrazine groups is 1. The maximum absolute atomic E-state index is 4.46. The molecule has 0 fully saturated rings. The minimum absolute atomic E-state index is 0.683. The fourth-order valence-corrected chi connectivity index (χ4v) is 2.24. The van der Waals surface area contributed by atoms with Crippen LogP contribution in [-0.4, -0.2) is 19.7 Å². The number of anilines is 2. The number of para-hydroxylation sites is 1. The Labute approximate surface area is 129 Å². The van der Waals surface area contributed by atoms with Gasteiger partial charge in [-0.05, 0) is 39.0 Å². The van der Waals surface area contributed by atoms with Gasteiger partial charge in [0.15, 0.2) is 5.82 Å². The van der Waals surface area contributed by atoms with E-state index in [1.807, 2.05) is 67.9 Å². The van der Waals surface area contributed by atoms with Crippen molar-refractivity contribution in [3.63, 3.8) is 0 Å². The number of nitrogens with one attached hydrogen (secondary N) is 2. The Morgan fingerprint density at radius 1 is 0.909 bits per heavy atom. The van der Waals surface area contributed by atoms with Crippen LogP contribution in [0.3, 0.4) is 0 Å². The van der Waals surface area contributed by atoms with Gasteiger partial charge in [-0.3, -0.25) is 10.9 Å². The van der Waals surface area contributed by atoms with Crippen molar-refractivity contribution >= 4 is 11.5 Å². The van der Waals surface area contributed by atoms with Crippen molar-refractivity contribution in [3.8, 4) is 5.82 Å². The Morgan fingerprint density at radius 3 is 2.36 bits per heavy atom. The van der Waals surface area contributed by atoms with Crippen LogP contribution < -0.4 is 10.9 Å². The summed E-state index contributed by atoms with van der Waals surface area (Å²) in [6.07, 6.45) is 0. The monoisotopic (exact) mass is 294 g/mol. The number of aryl methyl sites for hydroxylation is 3. The van der Waals surface area contributed by atoms with E-state index in [-0.39, 0.29) is 0 Å². The summed E-state index contributed by atoms with van der Waals surface area (Å²) < 4.78 is 1.82. The molecule has 112 valence electrons. The van der Waals surface area contributed by atoms with E-state index in [0.29, 0.717) is 11.6 Å². The van der Waals surface area contributed by atoms with Crippen molar-refractivity contribution < 1.29 is 0 Å². The van der Waals surface area contributed by atoms with Gasteiger partial charge in [0.1, 0.15) is 11.6 Å². The van der Waals surface area contributed by atoms with Crippen LogP contribution in [0.2, 0.25) is 0 Å². The quantitative estimate of drug-likeness (QED) is 0.724. The molecule has 0 aliphatic heterocycles. The fourth-order valence-electron chi connectivity index (χ4n) is 2.24. The molecular weight excluding hydrogens is 276 g/mol. The van der Waals surface area contributed by atoms with E-state index in [0.717, 1.165) is 22.9 Å². The van der Waals surface area contributed by atoms with Gasteiger partial charge in [-0.2, -0.15) is 5.10 Å². The Bertz CT molecular complexity index is 779. The smallest absolute Gasteiger partial charge is 0.159 e. The highest BCUT2D eigenvalue weighted by atomic mass is 15.4. The zero-order valence-corrected chi connectivity index (χ0v) is 12.8. The number of aromatic nitrogens is 4. The molecule has 0 aliphatic rings. The standard InChI is InChI=1S/C16H18N6/c1-11-9-12(2)22(21-11)16-10-15(17-13(3)18-16)20-19-14-7-5-4-6-8-14/h4-10,19H,1-3H3,(H,17,18,20). The summed E-state index contributed by atoms with van der Waals surface area (Å²) >= 11 is 0. The van der Waals surface area contributed by atoms with Gasteiger partial charge in [-0.1, -0.05) is 18.2 Å². The van der Waals surface area contributed by atoms with Crippen molar-refractivity contribution in [2.75, 3.05) is 10.9 Å². The normalized spacial score (nSPS) is 10.5. The maximum atomic E-state index is 4.46. The van der Waals surface area contributed by atoms with Crippen molar-refractivity contribution in [3.05, 3.63) is 59.7 Å². The van der Waals surface area contributed by atoms with E-state index in [1.165, 1.54) is 0 Å². The Balaban J connectivity index is 1.85. The number of hydrogen-bond acceptors (Lipinski definition) is 5. The Morgan fingerprint density at radius 2 is 1.68 bits per heavy atom. The van der Waals surface area contributed by atoms with Gasteiger partial charge in [0.05, 0.1) is 11.4 Å².